The third-order valence-electron chi connectivity index (χ3n) is 3.35. The van der Waals surface area contributed by atoms with E-state index in [4.69, 9.17) is 5.73 Å². The largest absolute Gasteiger partial charge is 0.330 e. The van der Waals surface area contributed by atoms with Crippen LogP contribution in [0.1, 0.15) is 29.2 Å². The average molecular weight is 269 g/mol. The fourth-order valence-corrected chi connectivity index (χ4v) is 3.02. The molecule has 0 fully saturated rings. The highest BCUT2D eigenvalue weighted by molar-refractivity contribution is 7.89. The van der Waals surface area contributed by atoms with E-state index in [1.807, 2.05) is 6.92 Å². The van der Waals surface area contributed by atoms with Gasteiger partial charge in [0.2, 0.25) is 0 Å². The molecule has 1 aromatic rings. The van der Waals surface area contributed by atoms with Crippen LogP contribution in [0.4, 0.5) is 0 Å². The smallest absolute Gasteiger partial charge is 0.154 e. The number of hydrogen-bond donors (Lipinski definition) is 1. The summed E-state index contributed by atoms with van der Waals surface area (Å²) in [4.78, 5) is 8.71. The fourth-order valence-electron chi connectivity index (χ4n) is 2.42. The van der Waals surface area contributed by atoms with E-state index in [1.165, 1.54) is 6.26 Å². The van der Waals surface area contributed by atoms with E-state index in [2.05, 4.69) is 9.97 Å². The van der Waals surface area contributed by atoms with E-state index < -0.39 is 9.84 Å². The van der Waals surface area contributed by atoms with Crippen molar-refractivity contribution in [2.24, 2.45) is 11.7 Å². The molecule has 0 aromatic carbocycles. The zero-order valence-corrected chi connectivity index (χ0v) is 11.6. The Morgan fingerprint density at radius 2 is 2.11 bits per heavy atom. The van der Waals surface area contributed by atoms with E-state index in [1.54, 1.807) is 0 Å². The summed E-state index contributed by atoms with van der Waals surface area (Å²) in [5.74, 6) is 0.835. The van der Waals surface area contributed by atoms with Gasteiger partial charge in [-0.1, -0.05) is 0 Å². The number of fused-ring (bicyclic) bond motifs is 1. The molecule has 6 heteroatoms. The van der Waals surface area contributed by atoms with E-state index in [0.29, 0.717) is 18.3 Å². The van der Waals surface area contributed by atoms with Gasteiger partial charge in [-0.3, -0.25) is 0 Å². The summed E-state index contributed by atoms with van der Waals surface area (Å²) < 4.78 is 22.6. The van der Waals surface area contributed by atoms with Crippen LogP contribution in [0.25, 0.3) is 0 Å². The quantitative estimate of drug-likeness (QED) is 0.858. The predicted molar refractivity (Wildman–Crippen MR) is 69.9 cm³/mol. The Bertz CT molecular complexity index is 555. The second kappa shape index (κ2) is 4.93. The van der Waals surface area contributed by atoms with Crippen molar-refractivity contribution in [3.05, 3.63) is 22.8 Å². The highest BCUT2D eigenvalue weighted by atomic mass is 32.2. The topological polar surface area (TPSA) is 85.9 Å². The molecule has 2 rings (SSSR count). The molecule has 1 aliphatic carbocycles. The SMILES string of the molecule is Cc1nc(CS(C)(=O)=O)nc2c1CC(CN)CC2. The van der Waals surface area contributed by atoms with Crippen molar-refractivity contribution in [2.45, 2.75) is 31.9 Å². The van der Waals surface area contributed by atoms with Gasteiger partial charge < -0.3 is 5.73 Å². The first kappa shape index (κ1) is 13.4. The first-order valence-corrected chi connectivity index (χ1v) is 8.18. The van der Waals surface area contributed by atoms with Gasteiger partial charge in [0.1, 0.15) is 11.6 Å². The van der Waals surface area contributed by atoms with Crippen LogP contribution in [0, 0.1) is 12.8 Å². The number of aromatic nitrogens is 2. The molecule has 18 heavy (non-hydrogen) atoms. The number of nitrogens with two attached hydrogens (primary N) is 1. The van der Waals surface area contributed by atoms with Crippen LogP contribution >= 0.6 is 0 Å². The minimum atomic E-state index is -3.08. The van der Waals surface area contributed by atoms with Crippen LogP contribution in [0.2, 0.25) is 0 Å². The number of aryl methyl sites for hydroxylation is 2. The monoisotopic (exact) mass is 269 g/mol. The molecule has 5 nitrogen and oxygen atoms in total. The lowest BCUT2D eigenvalue weighted by Gasteiger charge is -2.24. The molecule has 1 aliphatic rings. The van der Waals surface area contributed by atoms with Gasteiger partial charge >= 0.3 is 0 Å². The Morgan fingerprint density at radius 1 is 1.39 bits per heavy atom. The molecule has 0 bridgehead atoms. The molecule has 0 amide bonds. The van der Waals surface area contributed by atoms with Crippen molar-refractivity contribution in [1.29, 1.82) is 0 Å². The summed E-state index contributed by atoms with van der Waals surface area (Å²) in [5, 5.41) is 0. The molecule has 0 aliphatic heterocycles. The molecule has 1 aromatic heterocycles. The van der Waals surface area contributed by atoms with Gasteiger partial charge in [0.05, 0.1) is 0 Å². The first-order valence-electron chi connectivity index (χ1n) is 6.12. The maximum atomic E-state index is 11.3. The zero-order chi connectivity index (χ0) is 13.3. The summed E-state index contributed by atoms with van der Waals surface area (Å²) in [6, 6.07) is 0. The van der Waals surface area contributed by atoms with Crippen LogP contribution in [-0.4, -0.2) is 31.2 Å². The minimum Gasteiger partial charge on any atom is -0.330 e. The second-order valence-electron chi connectivity index (χ2n) is 5.07. The lowest BCUT2D eigenvalue weighted by Crippen LogP contribution is -2.25. The molecular formula is C12H19N3O2S. The Kier molecular flexibility index (Phi) is 3.68. The van der Waals surface area contributed by atoms with Gasteiger partial charge in [-0.15, -0.1) is 0 Å². The summed E-state index contributed by atoms with van der Waals surface area (Å²) in [6.45, 7) is 2.61. The van der Waals surface area contributed by atoms with Crippen molar-refractivity contribution in [1.82, 2.24) is 9.97 Å². The molecule has 100 valence electrons. The molecule has 0 saturated carbocycles. The van der Waals surface area contributed by atoms with Gasteiger partial charge in [-0.2, -0.15) is 0 Å². The molecule has 0 radical (unpaired) electrons. The van der Waals surface area contributed by atoms with Gasteiger partial charge in [-0.05, 0) is 44.2 Å². The Labute approximate surface area is 108 Å². The van der Waals surface area contributed by atoms with Crippen LogP contribution < -0.4 is 5.73 Å². The van der Waals surface area contributed by atoms with Crippen molar-refractivity contribution in [3.8, 4) is 0 Å². The van der Waals surface area contributed by atoms with Gasteiger partial charge in [0.25, 0.3) is 0 Å². The molecule has 1 unspecified atom stereocenters. The summed E-state index contributed by atoms with van der Waals surface area (Å²) in [6.07, 6.45) is 4.02. The maximum absolute atomic E-state index is 11.3. The standard InChI is InChI=1S/C12H19N3O2S/c1-8-10-5-9(6-13)3-4-11(10)15-12(14-8)7-18(2,16)17/h9H,3-7,13H2,1-2H3. The van der Waals surface area contributed by atoms with E-state index in [-0.39, 0.29) is 5.75 Å². The highest BCUT2D eigenvalue weighted by Crippen LogP contribution is 2.25. The summed E-state index contributed by atoms with van der Waals surface area (Å²) in [7, 11) is -3.08. The van der Waals surface area contributed by atoms with Gasteiger partial charge in [0, 0.05) is 17.6 Å². The van der Waals surface area contributed by atoms with Crippen LogP contribution in [-0.2, 0) is 28.4 Å². The van der Waals surface area contributed by atoms with E-state index in [0.717, 1.165) is 36.2 Å². The number of hydrogen-bond acceptors (Lipinski definition) is 5. The molecule has 0 spiro atoms. The second-order valence-corrected chi connectivity index (χ2v) is 7.21. The Balaban J connectivity index is 2.33. The van der Waals surface area contributed by atoms with Crippen molar-refractivity contribution >= 4 is 9.84 Å². The molecule has 1 heterocycles. The van der Waals surface area contributed by atoms with E-state index >= 15 is 0 Å². The fraction of sp³-hybridized carbons (Fsp3) is 0.667. The average Bonchev–Trinajstić information content (AvgIpc) is 2.26. The summed E-state index contributed by atoms with van der Waals surface area (Å²) >= 11 is 0. The normalized spacial score (nSPS) is 19.6. The van der Waals surface area contributed by atoms with Crippen LogP contribution in [0.3, 0.4) is 0 Å². The lowest BCUT2D eigenvalue weighted by atomic mass is 9.86. The van der Waals surface area contributed by atoms with Crippen LogP contribution in [0.15, 0.2) is 0 Å². The van der Waals surface area contributed by atoms with Gasteiger partial charge in [-0.25, -0.2) is 18.4 Å². The van der Waals surface area contributed by atoms with Crippen LogP contribution in [0.5, 0.6) is 0 Å². The zero-order valence-electron chi connectivity index (χ0n) is 10.8. The maximum Gasteiger partial charge on any atom is 0.154 e. The van der Waals surface area contributed by atoms with Crippen molar-refractivity contribution in [2.75, 3.05) is 12.8 Å². The number of rotatable bonds is 3. The summed E-state index contributed by atoms with van der Waals surface area (Å²) in [5.41, 5.74) is 8.77. The Hall–Kier alpha value is -1.01. The molecule has 1 atom stereocenters. The lowest BCUT2D eigenvalue weighted by molar-refractivity contribution is 0.458. The highest BCUT2D eigenvalue weighted by Gasteiger charge is 2.22. The predicted octanol–water partition coefficient (Wildman–Crippen LogP) is 0.393. The molecule has 2 N–H and O–H groups in total. The molecule has 0 saturated heterocycles. The number of sulfone groups is 1. The molecular weight excluding hydrogens is 250 g/mol. The Morgan fingerprint density at radius 3 is 2.72 bits per heavy atom. The van der Waals surface area contributed by atoms with E-state index in [9.17, 15) is 8.42 Å². The number of nitrogens with zero attached hydrogens (tertiary/aromatic N) is 2. The minimum absolute atomic E-state index is 0.0819. The third kappa shape index (κ3) is 3.05. The van der Waals surface area contributed by atoms with Crippen molar-refractivity contribution in [3.63, 3.8) is 0 Å². The first-order chi connectivity index (χ1) is 8.39. The third-order valence-corrected chi connectivity index (χ3v) is 4.14. The van der Waals surface area contributed by atoms with Crippen molar-refractivity contribution < 1.29 is 8.42 Å². The van der Waals surface area contributed by atoms with Gasteiger partial charge in [0.15, 0.2) is 9.84 Å².